The van der Waals surface area contributed by atoms with Gasteiger partial charge in [-0.05, 0) is 6.42 Å². The first kappa shape index (κ1) is 11.5. The molecule has 1 aromatic rings. The van der Waals surface area contributed by atoms with E-state index in [-0.39, 0.29) is 16.5 Å². The smallest absolute Gasteiger partial charge is 0.365 e. The molecule has 0 amide bonds. The van der Waals surface area contributed by atoms with E-state index in [1.165, 1.54) is 6.20 Å². The van der Waals surface area contributed by atoms with Crippen molar-refractivity contribution in [3.05, 3.63) is 16.1 Å². The van der Waals surface area contributed by atoms with Crippen molar-refractivity contribution < 1.29 is 18.3 Å². The van der Waals surface area contributed by atoms with Gasteiger partial charge in [-0.25, -0.2) is 18.2 Å². The Morgan fingerprint density at radius 3 is 2.75 bits per heavy atom. The first-order valence-electron chi connectivity index (χ1n) is 4.72. The van der Waals surface area contributed by atoms with Gasteiger partial charge >= 0.3 is 5.97 Å². The van der Waals surface area contributed by atoms with Gasteiger partial charge in [0.15, 0.2) is 9.84 Å². The average Bonchev–Trinajstić information content (AvgIpc) is 2.71. The molecule has 2 rings (SSSR count). The highest BCUT2D eigenvalue weighted by Crippen LogP contribution is 2.38. The van der Waals surface area contributed by atoms with Crippen LogP contribution in [0.2, 0.25) is 0 Å². The molecule has 5 nitrogen and oxygen atoms in total. The van der Waals surface area contributed by atoms with Crippen LogP contribution < -0.4 is 0 Å². The van der Waals surface area contributed by atoms with Crippen molar-refractivity contribution in [1.82, 2.24) is 4.98 Å². The molecule has 0 saturated carbocycles. The number of hydrogen-bond acceptors (Lipinski definition) is 5. The number of aromatic carboxylic acids is 1. The number of carboxylic acid groups (broad SMARTS) is 1. The van der Waals surface area contributed by atoms with Crippen molar-refractivity contribution in [2.24, 2.45) is 0 Å². The number of rotatable bonds is 2. The normalized spacial score (nSPS) is 28.1. The molecule has 7 heteroatoms. The number of nitrogens with zero attached hydrogens (tertiary/aromatic N) is 1. The standard InChI is InChI=1S/C9H11NO4S2/c1-9(2-3-16(13,14)5-9)6-4-10-7(15-6)8(11)12/h4H,2-3,5H2,1H3,(H,11,12). The monoisotopic (exact) mass is 261 g/mol. The Bertz CT molecular complexity index is 533. The highest BCUT2D eigenvalue weighted by molar-refractivity contribution is 7.91. The fourth-order valence-corrected chi connectivity index (χ4v) is 5.05. The minimum Gasteiger partial charge on any atom is -0.476 e. The van der Waals surface area contributed by atoms with E-state index >= 15 is 0 Å². The predicted molar refractivity (Wildman–Crippen MR) is 59.7 cm³/mol. The van der Waals surface area contributed by atoms with E-state index in [4.69, 9.17) is 5.11 Å². The van der Waals surface area contributed by atoms with Gasteiger partial charge < -0.3 is 5.11 Å². The summed E-state index contributed by atoms with van der Waals surface area (Å²) in [6.07, 6.45) is 2.02. The Kier molecular flexibility index (Phi) is 2.54. The van der Waals surface area contributed by atoms with E-state index in [9.17, 15) is 13.2 Å². The molecule has 1 fully saturated rings. The second-order valence-electron chi connectivity index (χ2n) is 4.24. The lowest BCUT2D eigenvalue weighted by Gasteiger charge is -2.18. The lowest BCUT2D eigenvalue weighted by Crippen LogP contribution is -2.21. The molecule has 0 aromatic carbocycles. The highest BCUT2D eigenvalue weighted by Gasteiger charge is 2.41. The molecule has 1 N–H and O–H groups in total. The number of aromatic nitrogens is 1. The number of thiazole rings is 1. The molecule has 0 spiro atoms. The molecule has 0 aliphatic carbocycles. The molecule has 16 heavy (non-hydrogen) atoms. The summed E-state index contributed by atoms with van der Waals surface area (Å²) < 4.78 is 22.9. The number of carboxylic acids is 1. The minimum atomic E-state index is -2.98. The second-order valence-corrected chi connectivity index (χ2v) is 7.45. The first-order valence-corrected chi connectivity index (χ1v) is 7.36. The maximum atomic E-state index is 11.4. The summed E-state index contributed by atoms with van der Waals surface area (Å²) >= 11 is 1.06. The summed E-state index contributed by atoms with van der Waals surface area (Å²) in [6, 6.07) is 0. The Labute approximate surface area is 97.1 Å². The van der Waals surface area contributed by atoms with Gasteiger partial charge in [-0.15, -0.1) is 11.3 Å². The van der Waals surface area contributed by atoms with Crippen LogP contribution in [0.25, 0.3) is 0 Å². The summed E-state index contributed by atoms with van der Waals surface area (Å²) in [5.74, 6) is -0.814. The summed E-state index contributed by atoms with van der Waals surface area (Å²) in [7, 11) is -2.98. The molecule has 0 bridgehead atoms. The van der Waals surface area contributed by atoms with Crippen molar-refractivity contribution in [2.75, 3.05) is 11.5 Å². The SMILES string of the molecule is CC1(c2cnc(C(=O)O)s2)CCS(=O)(=O)C1. The van der Waals surface area contributed by atoms with Crippen LogP contribution in [0.15, 0.2) is 6.20 Å². The van der Waals surface area contributed by atoms with Crippen molar-refractivity contribution >= 4 is 27.1 Å². The van der Waals surface area contributed by atoms with E-state index in [1.807, 2.05) is 6.92 Å². The van der Waals surface area contributed by atoms with Crippen molar-refractivity contribution in [1.29, 1.82) is 0 Å². The summed E-state index contributed by atoms with van der Waals surface area (Å²) in [5.41, 5.74) is -0.468. The van der Waals surface area contributed by atoms with Gasteiger partial charge in [-0.2, -0.15) is 0 Å². The van der Waals surface area contributed by atoms with Gasteiger partial charge in [0.05, 0.1) is 11.5 Å². The lowest BCUT2D eigenvalue weighted by atomic mass is 9.89. The third kappa shape index (κ3) is 1.97. The molecule has 88 valence electrons. The van der Waals surface area contributed by atoms with Gasteiger partial charge in [0, 0.05) is 16.5 Å². The summed E-state index contributed by atoms with van der Waals surface area (Å²) in [5, 5.41) is 8.77. The van der Waals surface area contributed by atoms with E-state index in [0.29, 0.717) is 6.42 Å². The molecule has 1 saturated heterocycles. The third-order valence-electron chi connectivity index (χ3n) is 2.79. The molecule has 1 atom stereocenters. The zero-order chi connectivity index (χ0) is 12.0. The maximum absolute atomic E-state index is 11.4. The van der Waals surface area contributed by atoms with Crippen molar-refractivity contribution in [3.63, 3.8) is 0 Å². The Balaban J connectivity index is 2.34. The zero-order valence-corrected chi connectivity index (χ0v) is 10.3. The van der Waals surface area contributed by atoms with Crippen LogP contribution in [0.4, 0.5) is 0 Å². The highest BCUT2D eigenvalue weighted by atomic mass is 32.2. The Hall–Kier alpha value is -0.950. The van der Waals surface area contributed by atoms with Crippen molar-refractivity contribution in [2.45, 2.75) is 18.8 Å². The van der Waals surface area contributed by atoms with Crippen LogP contribution in [-0.2, 0) is 15.3 Å². The number of sulfone groups is 1. The van der Waals surface area contributed by atoms with Crippen LogP contribution in [-0.4, -0.2) is 36.0 Å². The fourth-order valence-electron chi connectivity index (χ4n) is 1.86. The molecule has 1 aromatic heterocycles. The third-order valence-corrected chi connectivity index (χ3v) is 5.98. The largest absolute Gasteiger partial charge is 0.476 e. The van der Waals surface area contributed by atoms with Gasteiger partial charge in [0.1, 0.15) is 0 Å². The van der Waals surface area contributed by atoms with Crippen LogP contribution >= 0.6 is 11.3 Å². The summed E-state index contributed by atoms with van der Waals surface area (Å²) in [6.45, 7) is 1.84. The van der Waals surface area contributed by atoms with Gasteiger partial charge in [-0.1, -0.05) is 6.92 Å². The van der Waals surface area contributed by atoms with Gasteiger partial charge in [0.25, 0.3) is 0 Å². The molecule has 0 radical (unpaired) electrons. The van der Waals surface area contributed by atoms with E-state index in [0.717, 1.165) is 16.2 Å². The molecular formula is C9H11NO4S2. The second kappa shape index (κ2) is 3.53. The van der Waals surface area contributed by atoms with E-state index < -0.39 is 21.2 Å². The summed E-state index contributed by atoms with van der Waals surface area (Å²) in [4.78, 5) is 15.2. The number of carbonyl (C=O) groups is 1. The van der Waals surface area contributed by atoms with Crippen LogP contribution in [0.5, 0.6) is 0 Å². The van der Waals surface area contributed by atoms with Crippen LogP contribution in [0, 0.1) is 0 Å². The molecule has 1 aliphatic heterocycles. The van der Waals surface area contributed by atoms with E-state index in [2.05, 4.69) is 4.98 Å². The topological polar surface area (TPSA) is 84.3 Å². The van der Waals surface area contributed by atoms with Gasteiger partial charge in [-0.3, -0.25) is 0 Å². The lowest BCUT2D eigenvalue weighted by molar-refractivity contribution is 0.0696. The average molecular weight is 261 g/mol. The predicted octanol–water partition coefficient (Wildman–Crippen LogP) is 0.918. The Morgan fingerprint density at radius 1 is 1.62 bits per heavy atom. The first-order chi connectivity index (χ1) is 7.32. The molecule has 1 unspecified atom stereocenters. The van der Waals surface area contributed by atoms with Gasteiger partial charge in [0.2, 0.25) is 5.01 Å². The molecular weight excluding hydrogens is 250 g/mol. The fraction of sp³-hybridized carbons (Fsp3) is 0.556. The maximum Gasteiger partial charge on any atom is 0.365 e. The minimum absolute atomic E-state index is 0.0144. The molecule has 1 aliphatic rings. The Morgan fingerprint density at radius 2 is 2.31 bits per heavy atom. The van der Waals surface area contributed by atoms with E-state index in [1.54, 1.807) is 0 Å². The van der Waals surface area contributed by atoms with Crippen LogP contribution in [0.3, 0.4) is 0 Å². The molecule has 2 heterocycles. The quantitative estimate of drug-likeness (QED) is 0.855. The van der Waals surface area contributed by atoms with Crippen molar-refractivity contribution in [3.8, 4) is 0 Å². The zero-order valence-electron chi connectivity index (χ0n) is 8.63. The number of hydrogen-bond donors (Lipinski definition) is 1. The van der Waals surface area contributed by atoms with Crippen LogP contribution in [0.1, 0.15) is 28.0 Å².